The number of rotatable bonds is 0. The van der Waals surface area contributed by atoms with Gasteiger partial charge in [0.15, 0.2) is 0 Å². The van der Waals surface area contributed by atoms with E-state index >= 15 is 0 Å². The van der Waals surface area contributed by atoms with Crippen LogP contribution in [-0.4, -0.2) is 18.9 Å². The first kappa shape index (κ1) is 53.3. The maximum absolute atomic E-state index is 0. The van der Waals surface area contributed by atoms with Crippen molar-refractivity contribution in [1.82, 2.24) is 0 Å². The Balaban J connectivity index is 0. The van der Waals surface area contributed by atoms with Crippen LogP contribution in [0.5, 0.6) is 0 Å². The molecule has 0 N–H and O–H groups in total. The second-order valence-electron chi connectivity index (χ2n) is 0. The molecule has 0 aliphatic rings. The average Bonchev–Trinajstić information content (AvgIpc) is 0. The summed E-state index contributed by atoms with van der Waals surface area (Å²) in [5.74, 6) is 0. The molecule has 1 nitrogen and oxygen atoms in total. The van der Waals surface area contributed by atoms with Crippen LogP contribution in [-0.2, 0) is 22.0 Å². The van der Waals surface area contributed by atoms with E-state index in [1.54, 1.807) is 0 Å². The summed E-state index contributed by atoms with van der Waals surface area (Å²) in [6.45, 7) is 0. The van der Waals surface area contributed by atoms with E-state index in [1.807, 2.05) is 0 Å². The topological polar surface area (TPSA) is 28.5 Å². The van der Waals surface area contributed by atoms with E-state index in [0.29, 0.717) is 0 Å². The van der Waals surface area contributed by atoms with Crippen LogP contribution in [0.4, 0.5) is 0 Å². The Bertz CT molecular complexity index is 8.00. The Labute approximate surface area is 54.4 Å². The summed E-state index contributed by atoms with van der Waals surface area (Å²) in [6.07, 6.45) is 0. The summed E-state index contributed by atoms with van der Waals surface area (Å²) in [5, 5.41) is 0. The molecular formula is HLiNiOS. The van der Waals surface area contributed by atoms with Gasteiger partial charge in [-0.25, -0.2) is 0 Å². The molecule has 0 spiro atoms. The molecule has 0 bridgehead atoms. The summed E-state index contributed by atoms with van der Waals surface area (Å²) in [5.41, 5.74) is 0. The van der Waals surface area contributed by atoms with Crippen molar-refractivity contribution in [2.75, 3.05) is 0 Å². The van der Waals surface area contributed by atoms with Crippen LogP contribution in [0.25, 0.3) is 0 Å². The zero-order valence-electron chi connectivity index (χ0n) is 1.13. The van der Waals surface area contributed by atoms with Crippen molar-refractivity contribution in [3.05, 3.63) is 0 Å². The molecule has 0 aromatic heterocycles. The fourth-order valence-electron chi connectivity index (χ4n) is 0. The van der Waals surface area contributed by atoms with E-state index in [2.05, 4.69) is 0 Å². The normalized spacial score (nSPS) is 0. The van der Waals surface area contributed by atoms with Crippen LogP contribution in [0, 0.1) is 0 Å². The van der Waals surface area contributed by atoms with Gasteiger partial charge < -0.3 is 0 Å². The molecule has 4 heavy (non-hydrogen) atoms. The first-order chi connectivity index (χ1) is 0. The minimum Gasteiger partial charge on any atom is 0 e. The van der Waals surface area contributed by atoms with Crippen LogP contribution in [0.1, 0.15) is 0 Å². The predicted molar refractivity (Wildman–Crippen MR) is 15.4 cm³/mol. The fraction of sp³-hybridized carbons (Fsp3) is 0. The van der Waals surface area contributed by atoms with Gasteiger partial charge in [-0.2, -0.15) is 0 Å². The smallest absolute Gasteiger partial charge is 0 e. The Morgan fingerprint density at radius 1 is 1.00 bits per heavy atom. The minimum absolute atomic E-state index is 0. The van der Waals surface area contributed by atoms with Crippen LogP contribution < -0.4 is 0 Å². The third-order valence-corrected chi connectivity index (χ3v) is 0. The molecule has 0 amide bonds. The van der Waals surface area contributed by atoms with Crippen LogP contribution in [0.3, 0.4) is 0 Å². The summed E-state index contributed by atoms with van der Waals surface area (Å²) < 4.78 is 0. The standard InChI is InChI=1S/Li.Ni.O.S.H. The fourth-order valence-corrected chi connectivity index (χ4v) is 0. The van der Waals surface area contributed by atoms with Crippen LogP contribution in [0.15, 0.2) is 0 Å². The Morgan fingerprint density at radius 2 is 1.00 bits per heavy atom. The molecule has 0 aromatic rings. The Kier molecular flexibility index (Phi) is 346. The molecule has 0 aromatic carbocycles. The second kappa shape index (κ2) is 25.9. The molecule has 24 valence electrons. The Morgan fingerprint density at radius 3 is 1.00 bits per heavy atom. The first-order valence-electron chi connectivity index (χ1n) is 0. The summed E-state index contributed by atoms with van der Waals surface area (Å²) in [7, 11) is 0. The molecule has 4 heteroatoms. The van der Waals surface area contributed by atoms with Crippen molar-refractivity contribution in [3.8, 4) is 0 Å². The monoisotopic (exact) mass is 114 g/mol. The summed E-state index contributed by atoms with van der Waals surface area (Å²) in [4.78, 5) is 0. The molecule has 0 fully saturated rings. The summed E-state index contributed by atoms with van der Waals surface area (Å²) >= 11 is 0. The largest absolute Gasteiger partial charge is 0 e. The van der Waals surface area contributed by atoms with Gasteiger partial charge in [-0.15, -0.1) is 0 Å². The molecule has 0 atom stereocenters. The molecule has 0 aliphatic carbocycles. The zero-order valence-corrected chi connectivity index (χ0v) is 2.94. The first-order valence-corrected chi connectivity index (χ1v) is 0. The SMILES string of the molecule is [LiH].[Ni].[O].[S]. The van der Waals surface area contributed by atoms with E-state index in [0.717, 1.165) is 0 Å². The minimum atomic E-state index is 0. The second-order valence-corrected chi connectivity index (χ2v) is 0. The van der Waals surface area contributed by atoms with Crippen LogP contribution >= 0.6 is 13.5 Å². The van der Waals surface area contributed by atoms with Crippen molar-refractivity contribution < 1.29 is 22.0 Å². The van der Waals surface area contributed by atoms with Crippen molar-refractivity contribution >= 4 is 32.4 Å². The third-order valence-electron chi connectivity index (χ3n) is 0. The number of hydrogen-bond acceptors (Lipinski definition) is 0. The van der Waals surface area contributed by atoms with Gasteiger partial charge >= 0.3 is 18.9 Å². The van der Waals surface area contributed by atoms with E-state index in [9.17, 15) is 0 Å². The van der Waals surface area contributed by atoms with Gasteiger partial charge in [-0.1, -0.05) is 0 Å². The van der Waals surface area contributed by atoms with Gasteiger partial charge in [0.1, 0.15) is 0 Å². The van der Waals surface area contributed by atoms with Gasteiger partial charge in [0.25, 0.3) is 0 Å². The molecule has 4 radical (unpaired) electrons. The van der Waals surface area contributed by atoms with Gasteiger partial charge in [-0.05, 0) is 0 Å². The quantitative estimate of drug-likeness (QED) is 0.393. The van der Waals surface area contributed by atoms with E-state index in [-0.39, 0.29) is 54.3 Å². The van der Waals surface area contributed by atoms with Crippen molar-refractivity contribution in [3.63, 3.8) is 0 Å². The van der Waals surface area contributed by atoms with Gasteiger partial charge in [0.2, 0.25) is 0 Å². The van der Waals surface area contributed by atoms with Gasteiger partial charge in [0, 0.05) is 35.5 Å². The summed E-state index contributed by atoms with van der Waals surface area (Å²) in [6, 6.07) is 0. The van der Waals surface area contributed by atoms with Gasteiger partial charge in [-0.3, -0.25) is 0 Å². The predicted octanol–water partition coefficient (Wildman–Crippen LogP) is -0.122. The van der Waals surface area contributed by atoms with Crippen molar-refractivity contribution in [2.45, 2.75) is 0 Å². The Hall–Kier alpha value is 1.40. The third kappa shape index (κ3) is 9.99. The van der Waals surface area contributed by atoms with Crippen molar-refractivity contribution in [1.29, 1.82) is 0 Å². The van der Waals surface area contributed by atoms with Crippen LogP contribution in [0.2, 0.25) is 0 Å². The molecule has 0 heterocycles. The molecule has 0 saturated heterocycles. The molecule has 0 aliphatic heterocycles. The molecule has 0 saturated carbocycles. The molecular weight excluding hydrogens is 114 g/mol. The molecule has 0 rings (SSSR count). The molecule has 0 unspecified atom stereocenters. The maximum atomic E-state index is 0. The zero-order chi connectivity index (χ0) is 0. The number of hydrogen-bond donors (Lipinski definition) is 0. The van der Waals surface area contributed by atoms with Gasteiger partial charge in [0.05, 0.1) is 0 Å². The van der Waals surface area contributed by atoms with E-state index < -0.39 is 0 Å². The maximum Gasteiger partial charge on any atom is 0 e. The average molecular weight is 115 g/mol. The van der Waals surface area contributed by atoms with E-state index in [1.165, 1.54) is 0 Å². The van der Waals surface area contributed by atoms with Crippen molar-refractivity contribution in [2.24, 2.45) is 0 Å². The van der Waals surface area contributed by atoms with E-state index in [4.69, 9.17) is 0 Å².